The van der Waals surface area contributed by atoms with Gasteiger partial charge >= 0.3 is 0 Å². The molecule has 0 aliphatic carbocycles. The molecule has 0 aliphatic heterocycles. The van der Waals surface area contributed by atoms with Crippen molar-refractivity contribution >= 4 is 11.0 Å². The van der Waals surface area contributed by atoms with Crippen molar-refractivity contribution in [3.63, 3.8) is 0 Å². The van der Waals surface area contributed by atoms with E-state index in [1.807, 2.05) is 0 Å². The summed E-state index contributed by atoms with van der Waals surface area (Å²) in [6, 6.07) is 7.15. The molecule has 0 aliphatic rings. The Labute approximate surface area is 130 Å². The molecule has 1 aromatic heterocycles. The number of phenolic OH excluding ortho intramolecular Hbond substituents is 2. The summed E-state index contributed by atoms with van der Waals surface area (Å²) in [5, 5.41) is 29.7. The number of aryl methyl sites for hydroxylation is 1. The van der Waals surface area contributed by atoms with E-state index >= 15 is 0 Å². The number of ether oxygens (including phenoxy) is 1. The molecule has 3 aromatic rings. The molecule has 6 nitrogen and oxygen atoms in total. The number of phenols is 2. The molecule has 1 heterocycles. The zero-order valence-electron chi connectivity index (χ0n) is 12.5. The maximum atomic E-state index is 12.4. The Balaban J connectivity index is 2.37. The summed E-state index contributed by atoms with van der Waals surface area (Å²) in [6.07, 6.45) is 0. The smallest absolute Gasteiger partial charge is 0.238 e. The van der Waals surface area contributed by atoms with Crippen molar-refractivity contribution in [3.8, 4) is 34.3 Å². The van der Waals surface area contributed by atoms with Crippen LogP contribution in [0.5, 0.6) is 23.0 Å². The van der Waals surface area contributed by atoms with Crippen LogP contribution >= 0.6 is 0 Å². The van der Waals surface area contributed by atoms with Crippen molar-refractivity contribution in [1.82, 2.24) is 0 Å². The van der Waals surface area contributed by atoms with E-state index < -0.39 is 11.2 Å². The van der Waals surface area contributed by atoms with Crippen molar-refractivity contribution in [2.24, 2.45) is 0 Å². The van der Waals surface area contributed by atoms with Gasteiger partial charge in [0.15, 0.2) is 5.76 Å². The molecule has 0 spiro atoms. The van der Waals surface area contributed by atoms with E-state index in [0.717, 1.165) is 0 Å². The van der Waals surface area contributed by atoms with E-state index in [-0.39, 0.29) is 34.0 Å². The molecular weight excluding hydrogens is 300 g/mol. The summed E-state index contributed by atoms with van der Waals surface area (Å²) in [5.41, 5.74) is 0.375. The van der Waals surface area contributed by atoms with Crippen LogP contribution in [0.2, 0.25) is 0 Å². The molecule has 3 N–H and O–H groups in total. The second kappa shape index (κ2) is 5.24. The van der Waals surface area contributed by atoms with Crippen LogP contribution in [0.15, 0.2) is 39.5 Å². The lowest BCUT2D eigenvalue weighted by atomic mass is 10.1. The molecule has 2 aromatic carbocycles. The summed E-state index contributed by atoms with van der Waals surface area (Å²) in [6.45, 7) is 1.72. The number of benzene rings is 2. The number of rotatable bonds is 2. The van der Waals surface area contributed by atoms with Gasteiger partial charge in [-0.2, -0.15) is 0 Å². The molecule has 23 heavy (non-hydrogen) atoms. The minimum absolute atomic E-state index is 0.0122. The monoisotopic (exact) mass is 314 g/mol. The van der Waals surface area contributed by atoms with Crippen LogP contribution in [0.25, 0.3) is 22.3 Å². The SMILES string of the molecule is COc1cc(O)cc2oc(-c3ccc(C)c(O)c3)c(O)c(=O)c12. The molecule has 0 radical (unpaired) electrons. The van der Waals surface area contributed by atoms with Crippen molar-refractivity contribution in [2.75, 3.05) is 7.11 Å². The first-order chi connectivity index (χ1) is 10.9. The maximum Gasteiger partial charge on any atom is 0.238 e. The van der Waals surface area contributed by atoms with Gasteiger partial charge in [0.2, 0.25) is 11.2 Å². The van der Waals surface area contributed by atoms with E-state index in [0.29, 0.717) is 11.1 Å². The highest BCUT2D eigenvalue weighted by molar-refractivity contribution is 5.88. The number of methoxy groups -OCH3 is 1. The third-order valence-corrected chi connectivity index (χ3v) is 3.61. The third kappa shape index (κ3) is 2.34. The van der Waals surface area contributed by atoms with E-state index in [4.69, 9.17) is 9.15 Å². The van der Waals surface area contributed by atoms with E-state index in [9.17, 15) is 20.1 Å². The maximum absolute atomic E-state index is 12.4. The van der Waals surface area contributed by atoms with Gasteiger partial charge in [-0.1, -0.05) is 12.1 Å². The van der Waals surface area contributed by atoms with Crippen LogP contribution < -0.4 is 10.2 Å². The Kier molecular flexibility index (Phi) is 3.37. The Bertz CT molecular complexity index is 971. The van der Waals surface area contributed by atoms with E-state index in [1.165, 1.54) is 25.3 Å². The Morgan fingerprint density at radius 3 is 2.48 bits per heavy atom. The fourth-order valence-electron chi connectivity index (χ4n) is 2.37. The first-order valence-corrected chi connectivity index (χ1v) is 6.79. The molecule has 0 fully saturated rings. The van der Waals surface area contributed by atoms with Gasteiger partial charge in [-0.15, -0.1) is 0 Å². The van der Waals surface area contributed by atoms with Gasteiger partial charge in [0, 0.05) is 17.7 Å². The van der Waals surface area contributed by atoms with Crippen LogP contribution in [0.1, 0.15) is 5.56 Å². The van der Waals surface area contributed by atoms with Crippen LogP contribution in [-0.4, -0.2) is 22.4 Å². The fraction of sp³-hybridized carbons (Fsp3) is 0.118. The molecule has 118 valence electrons. The van der Waals surface area contributed by atoms with Crippen molar-refractivity contribution < 1.29 is 24.5 Å². The van der Waals surface area contributed by atoms with E-state index in [1.54, 1.807) is 19.1 Å². The van der Waals surface area contributed by atoms with Gasteiger partial charge in [0.05, 0.1) is 7.11 Å². The molecule has 0 saturated heterocycles. The molecule has 6 heteroatoms. The summed E-state index contributed by atoms with van der Waals surface area (Å²) >= 11 is 0. The third-order valence-electron chi connectivity index (χ3n) is 3.61. The standard InChI is InChI=1S/C17H14O6/c1-8-3-4-9(5-11(8)19)17-16(21)15(20)14-12(22-2)6-10(18)7-13(14)23-17/h3-7,18-19,21H,1-2H3. The number of fused-ring (bicyclic) bond motifs is 1. The van der Waals surface area contributed by atoms with Gasteiger partial charge in [-0.3, -0.25) is 4.79 Å². The lowest BCUT2D eigenvalue weighted by Crippen LogP contribution is -2.04. The van der Waals surface area contributed by atoms with Gasteiger partial charge < -0.3 is 24.5 Å². The highest BCUT2D eigenvalue weighted by Crippen LogP contribution is 2.36. The van der Waals surface area contributed by atoms with Crippen molar-refractivity contribution in [2.45, 2.75) is 6.92 Å². The summed E-state index contributed by atoms with van der Waals surface area (Å²) < 4.78 is 10.6. The number of hydrogen-bond acceptors (Lipinski definition) is 6. The quantitative estimate of drug-likeness (QED) is 0.672. The lowest BCUT2D eigenvalue weighted by molar-refractivity contribution is 0.408. The normalized spacial score (nSPS) is 10.9. The Morgan fingerprint density at radius 1 is 1.09 bits per heavy atom. The minimum atomic E-state index is -0.682. The first kappa shape index (κ1) is 14.8. The first-order valence-electron chi connectivity index (χ1n) is 6.79. The predicted octanol–water partition coefficient (Wildman–Crippen LogP) is 2.89. The lowest BCUT2D eigenvalue weighted by Gasteiger charge is -2.10. The molecule has 3 rings (SSSR count). The van der Waals surface area contributed by atoms with Gasteiger partial charge in [-0.05, 0) is 18.6 Å². The Morgan fingerprint density at radius 2 is 1.83 bits per heavy atom. The predicted molar refractivity (Wildman–Crippen MR) is 84.2 cm³/mol. The van der Waals surface area contributed by atoms with Crippen LogP contribution in [0.4, 0.5) is 0 Å². The zero-order valence-corrected chi connectivity index (χ0v) is 12.5. The number of hydrogen-bond donors (Lipinski definition) is 3. The average Bonchev–Trinajstić information content (AvgIpc) is 2.52. The molecule has 0 atom stereocenters. The minimum Gasteiger partial charge on any atom is -0.508 e. The van der Waals surface area contributed by atoms with E-state index in [2.05, 4.69) is 0 Å². The van der Waals surface area contributed by atoms with Crippen molar-refractivity contribution in [1.29, 1.82) is 0 Å². The van der Waals surface area contributed by atoms with Gasteiger partial charge in [-0.25, -0.2) is 0 Å². The molecule has 0 bridgehead atoms. The summed E-state index contributed by atoms with van der Waals surface area (Å²) in [5.74, 6) is -0.712. The molecule has 0 unspecified atom stereocenters. The molecule has 0 saturated carbocycles. The topological polar surface area (TPSA) is 100 Å². The van der Waals surface area contributed by atoms with Crippen LogP contribution in [0, 0.1) is 6.92 Å². The highest BCUT2D eigenvalue weighted by atomic mass is 16.5. The average molecular weight is 314 g/mol. The van der Waals surface area contributed by atoms with Crippen LogP contribution in [-0.2, 0) is 0 Å². The molecule has 0 amide bonds. The van der Waals surface area contributed by atoms with Crippen molar-refractivity contribution in [3.05, 3.63) is 46.1 Å². The molecular formula is C17H14O6. The second-order valence-corrected chi connectivity index (χ2v) is 5.13. The highest BCUT2D eigenvalue weighted by Gasteiger charge is 2.19. The van der Waals surface area contributed by atoms with Gasteiger partial charge in [0.1, 0.15) is 28.2 Å². The zero-order chi connectivity index (χ0) is 16.7. The van der Waals surface area contributed by atoms with Gasteiger partial charge in [0.25, 0.3) is 0 Å². The van der Waals surface area contributed by atoms with Crippen LogP contribution in [0.3, 0.4) is 0 Å². The summed E-state index contributed by atoms with van der Waals surface area (Å²) in [7, 11) is 1.34. The fourth-order valence-corrected chi connectivity index (χ4v) is 2.37. The Hall–Kier alpha value is -3.15. The summed E-state index contributed by atoms with van der Waals surface area (Å²) in [4.78, 5) is 12.4. The second-order valence-electron chi connectivity index (χ2n) is 5.13. The number of aromatic hydroxyl groups is 3. The largest absolute Gasteiger partial charge is 0.508 e.